The molecule has 33 heavy (non-hydrogen) atoms. The topological polar surface area (TPSA) is 86.5 Å². The first kappa shape index (κ1) is 22.5. The van der Waals surface area contributed by atoms with Crippen molar-refractivity contribution in [2.45, 2.75) is 19.8 Å². The lowest BCUT2D eigenvalue weighted by Gasteiger charge is -2.08. The lowest BCUT2D eigenvalue weighted by molar-refractivity contribution is -0.120. The summed E-state index contributed by atoms with van der Waals surface area (Å²) in [5, 5.41) is 5.65. The second-order valence-electron chi connectivity index (χ2n) is 7.50. The predicted molar refractivity (Wildman–Crippen MR) is 128 cm³/mol. The zero-order chi connectivity index (χ0) is 23.2. The first-order valence-corrected chi connectivity index (χ1v) is 11.4. The molecule has 0 radical (unpaired) electrons. The van der Waals surface area contributed by atoms with Gasteiger partial charge in [0.15, 0.2) is 11.5 Å². The van der Waals surface area contributed by atoms with E-state index >= 15 is 0 Å². The number of hydrogen-bond donors (Lipinski definition) is 1. The van der Waals surface area contributed by atoms with Gasteiger partial charge < -0.3 is 19.2 Å². The lowest BCUT2D eigenvalue weighted by Crippen LogP contribution is -2.27. The highest BCUT2D eigenvalue weighted by molar-refractivity contribution is 7.13. The Labute approximate surface area is 196 Å². The molecule has 4 rings (SSSR count). The van der Waals surface area contributed by atoms with Crippen molar-refractivity contribution in [2.24, 2.45) is 0 Å². The Morgan fingerprint density at radius 2 is 1.76 bits per heavy atom. The van der Waals surface area contributed by atoms with E-state index in [1.165, 1.54) is 16.9 Å². The SMILES string of the molecule is COc1ccc(-c2nc(CC(=O)NCCc3coc(-c4ccc(C)cc4)n3)cs2)cc1OC. The number of oxazole rings is 1. The van der Waals surface area contributed by atoms with Crippen LogP contribution in [-0.2, 0) is 17.6 Å². The molecule has 2 heterocycles. The van der Waals surface area contributed by atoms with Gasteiger partial charge in [-0.3, -0.25) is 4.79 Å². The first-order chi connectivity index (χ1) is 16.1. The molecule has 0 spiro atoms. The van der Waals surface area contributed by atoms with Crippen LogP contribution in [0.15, 0.2) is 58.5 Å². The molecule has 0 aliphatic carbocycles. The van der Waals surface area contributed by atoms with Gasteiger partial charge in [0.2, 0.25) is 11.8 Å². The molecule has 0 fully saturated rings. The van der Waals surface area contributed by atoms with E-state index in [0.29, 0.717) is 30.4 Å². The number of nitrogens with zero attached hydrogens (tertiary/aromatic N) is 2. The fourth-order valence-electron chi connectivity index (χ4n) is 3.30. The van der Waals surface area contributed by atoms with Crippen LogP contribution >= 0.6 is 11.3 Å². The Bertz CT molecular complexity index is 1230. The summed E-state index contributed by atoms with van der Waals surface area (Å²) < 4.78 is 16.2. The van der Waals surface area contributed by atoms with Gasteiger partial charge in [-0.2, -0.15) is 0 Å². The van der Waals surface area contributed by atoms with E-state index in [0.717, 1.165) is 27.5 Å². The molecule has 2 aromatic carbocycles. The number of hydrogen-bond acceptors (Lipinski definition) is 7. The molecule has 0 bridgehead atoms. The summed E-state index contributed by atoms with van der Waals surface area (Å²) in [5.74, 6) is 1.81. The summed E-state index contributed by atoms with van der Waals surface area (Å²) >= 11 is 1.49. The van der Waals surface area contributed by atoms with E-state index in [2.05, 4.69) is 15.3 Å². The molecule has 170 valence electrons. The van der Waals surface area contributed by atoms with Crippen molar-refractivity contribution < 1.29 is 18.7 Å². The minimum Gasteiger partial charge on any atom is -0.493 e. The number of rotatable bonds is 9. The minimum atomic E-state index is -0.0820. The third-order valence-electron chi connectivity index (χ3n) is 5.08. The van der Waals surface area contributed by atoms with Crippen LogP contribution in [0, 0.1) is 6.92 Å². The Balaban J connectivity index is 1.29. The van der Waals surface area contributed by atoms with Crippen LogP contribution < -0.4 is 14.8 Å². The number of thiazole rings is 1. The van der Waals surface area contributed by atoms with Crippen LogP contribution in [0.1, 0.15) is 17.0 Å². The number of carbonyl (C=O) groups excluding carboxylic acids is 1. The monoisotopic (exact) mass is 463 g/mol. The fourth-order valence-corrected chi connectivity index (χ4v) is 4.11. The van der Waals surface area contributed by atoms with Crippen molar-refractivity contribution in [3.8, 4) is 33.5 Å². The Morgan fingerprint density at radius 1 is 1.00 bits per heavy atom. The molecule has 0 saturated carbocycles. The van der Waals surface area contributed by atoms with Crippen molar-refractivity contribution in [3.05, 3.63) is 71.1 Å². The lowest BCUT2D eigenvalue weighted by atomic mass is 10.1. The highest BCUT2D eigenvalue weighted by Crippen LogP contribution is 2.33. The average Bonchev–Trinajstić information content (AvgIpc) is 3.49. The van der Waals surface area contributed by atoms with E-state index in [4.69, 9.17) is 13.9 Å². The standard InChI is InChI=1S/C25H25N3O4S/c1-16-4-6-17(7-5-16)24-27-19(14-32-24)10-11-26-23(29)13-20-15-33-25(28-20)18-8-9-21(30-2)22(12-18)31-3/h4-9,12,14-15H,10-11,13H2,1-3H3,(H,26,29). The molecular weight excluding hydrogens is 438 g/mol. The predicted octanol–water partition coefficient (Wildman–Crippen LogP) is 4.69. The van der Waals surface area contributed by atoms with Crippen LogP contribution in [0.25, 0.3) is 22.0 Å². The van der Waals surface area contributed by atoms with E-state index < -0.39 is 0 Å². The van der Waals surface area contributed by atoms with Crippen LogP contribution in [0.5, 0.6) is 11.5 Å². The third-order valence-corrected chi connectivity index (χ3v) is 6.02. The quantitative estimate of drug-likeness (QED) is 0.387. The van der Waals surface area contributed by atoms with Crippen LogP contribution in [0.4, 0.5) is 0 Å². The summed E-state index contributed by atoms with van der Waals surface area (Å²) in [6.07, 6.45) is 2.45. The number of ether oxygens (including phenoxy) is 2. The van der Waals surface area contributed by atoms with Crippen molar-refractivity contribution in [1.29, 1.82) is 0 Å². The van der Waals surface area contributed by atoms with Crippen molar-refractivity contribution >= 4 is 17.2 Å². The molecule has 8 heteroatoms. The highest BCUT2D eigenvalue weighted by Gasteiger charge is 2.12. The molecule has 2 aromatic heterocycles. The average molecular weight is 464 g/mol. The van der Waals surface area contributed by atoms with Gasteiger partial charge in [0.1, 0.15) is 11.3 Å². The first-order valence-electron chi connectivity index (χ1n) is 10.5. The third kappa shape index (κ3) is 5.59. The number of aryl methyl sites for hydroxylation is 1. The maximum atomic E-state index is 12.4. The summed E-state index contributed by atoms with van der Waals surface area (Å²) in [7, 11) is 3.20. The van der Waals surface area contributed by atoms with Crippen LogP contribution in [0.3, 0.4) is 0 Å². The second kappa shape index (κ2) is 10.3. The van der Waals surface area contributed by atoms with Gasteiger partial charge in [0.05, 0.1) is 32.0 Å². The summed E-state index contributed by atoms with van der Waals surface area (Å²) in [6, 6.07) is 13.7. The maximum Gasteiger partial charge on any atom is 0.226 e. The fraction of sp³-hybridized carbons (Fsp3) is 0.240. The molecule has 0 atom stereocenters. The largest absolute Gasteiger partial charge is 0.493 e. The van der Waals surface area contributed by atoms with Gasteiger partial charge >= 0.3 is 0 Å². The molecule has 4 aromatic rings. The van der Waals surface area contributed by atoms with E-state index in [1.54, 1.807) is 20.5 Å². The number of nitrogens with one attached hydrogen (secondary N) is 1. The van der Waals surface area contributed by atoms with Gasteiger partial charge in [-0.1, -0.05) is 17.7 Å². The van der Waals surface area contributed by atoms with Crippen LogP contribution in [0.2, 0.25) is 0 Å². The van der Waals surface area contributed by atoms with E-state index in [-0.39, 0.29) is 12.3 Å². The number of amides is 1. The Kier molecular flexibility index (Phi) is 7.04. The van der Waals surface area contributed by atoms with Gasteiger partial charge in [0.25, 0.3) is 0 Å². The Hall–Kier alpha value is -3.65. The minimum absolute atomic E-state index is 0.0820. The van der Waals surface area contributed by atoms with Gasteiger partial charge in [-0.15, -0.1) is 11.3 Å². The van der Waals surface area contributed by atoms with Crippen molar-refractivity contribution in [3.63, 3.8) is 0 Å². The molecule has 0 aliphatic rings. The van der Waals surface area contributed by atoms with Gasteiger partial charge in [0, 0.05) is 29.5 Å². The Morgan fingerprint density at radius 3 is 2.52 bits per heavy atom. The molecule has 1 N–H and O–H groups in total. The van der Waals surface area contributed by atoms with Gasteiger partial charge in [-0.05, 0) is 37.3 Å². The molecule has 0 unspecified atom stereocenters. The number of aromatic nitrogens is 2. The zero-order valence-electron chi connectivity index (χ0n) is 18.8. The summed E-state index contributed by atoms with van der Waals surface area (Å²) in [4.78, 5) is 21.5. The summed E-state index contributed by atoms with van der Waals surface area (Å²) in [5.41, 5.74) is 4.56. The van der Waals surface area contributed by atoms with Crippen molar-refractivity contribution in [1.82, 2.24) is 15.3 Å². The zero-order valence-corrected chi connectivity index (χ0v) is 19.6. The second-order valence-corrected chi connectivity index (χ2v) is 8.36. The maximum absolute atomic E-state index is 12.4. The van der Waals surface area contributed by atoms with E-state index in [1.807, 2.05) is 54.8 Å². The molecular formula is C25H25N3O4S. The number of carbonyl (C=O) groups is 1. The molecule has 0 saturated heterocycles. The highest BCUT2D eigenvalue weighted by atomic mass is 32.1. The smallest absolute Gasteiger partial charge is 0.226 e. The molecule has 0 aliphatic heterocycles. The summed E-state index contributed by atoms with van der Waals surface area (Å²) in [6.45, 7) is 2.52. The normalized spacial score (nSPS) is 10.8. The van der Waals surface area contributed by atoms with Crippen LogP contribution in [-0.4, -0.2) is 36.6 Å². The molecule has 7 nitrogen and oxygen atoms in total. The van der Waals surface area contributed by atoms with Gasteiger partial charge in [-0.25, -0.2) is 9.97 Å². The number of methoxy groups -OCH3 is 2. The molecule has 1 amide bonds. The van der Waals surface area contributed by atoms with E-state index in [9.17, 15) is 4.79 Å². The van der Waals surface area contributed by atoms with Crippen molar-refractivity contribution in [2.75, 3.05) is 20.8 Å². The number of benzene rings is 2.